The molecule has 146 valence electrons. The SMILES string of the molecule is CC(=O)NCc1cnn(Cc2ccc(C)cc2)c1/N=N/N(C(C)C)C(C)C. The highest BCUT2D eigenvalue weighted by Gasteiger charge is 2.14. The number of nitrogens with zero attached hydrogens (tertiary/aromatic N) is 5. The number of aromatic nitrogens is 2. The summed E-state index contributed by atoms with van der Waals surface area (Å²) in [6.45, 7) is 12.9. The molecule has 0 saturated carbocycles. The topological polar surface area (TPSA) is 74.9 Å². The minimum Gasteiger partial charge on any atom is -0.352 e. The van der Waals surface area contributed by atoms with E-state index >= 15 is 0 Å². The van der Waals surface area contributed by atoms with Gasteiger partial charge in [0.1, 0.15) is 0 Å². The molecule has 0 aliphatic carbocycles. The number of amides is 1. The number of carbonyl (C=O) groups is 1. The number of hydrogen-bond acceptors (Lipinski definition) is 4. The molecule has 7 heteroatoms. The Morgan fingerprint density at radius 2 is 1.81 bits per heavy atom. The van der Waals surface area contributed by atoms with Gasteiger partial charge in [-0.15, -0.1) is 5.11 Å². The lowest BCUT2D eigenvalue weighted by molar-refractivity contribution is -0.119. The zero-order valence-corrected chi connectivity index (χ0v) is 17.1. The first-order chi connectivity index (χ1) is 12.8. The third-order valence-corrected chi connectivity index (χ3v) is 4.17. The van der Waals surface area contributed by atoms with E-state index < -0.39 is 0 Å². The van der Waals surface area contributed by atoms with Gasteiger partial charge in [0, 0.05) is 31.1 Å². The van der Waals surface area contributed by atoms with Crippen LogP contribution in [0.4, 0.5) is 5.82 Å². The van der Waals surface area contributed by atoms with Crippen LogP contribution in [0.25, 0.3) is 0 Å². The summed E-state index contributed by atoms with van der Waals surface area (Å²) in [5.41, 5.74) is 3.19. The fourth-order valence-electron chi connectivity index (χ4n) is 2.76. The quantitative estimate of drug-likeness (QED) is 0.564. The molecule has 0 spiro atoms. The Morgan fingerprint density at radius 3 is 2.37 bits per heavy atom. The van der Waals surface area contributed by atoms with Crippen LogP contribution in [0.5, 0.6) is 0 Å². The first-order valence-electron chi connectivity index (χ1n) is 9.32. The van der Waals surface area contributed by atoms with Crippen molar-refractivity contribution >= 4 is 11.7 Å². The minimum absolute atomic E-state index is 0.0878. The van der Waals surface area contributed by atoms with Gasteiger partial charge in [0.25, 0.3) is 0 Å². The normalized spacial score (nSPS) is 11.6. The first kappa shape index (κ1) is 20.6. The highest BCUT2D eigenvalue weighted by atomic mass is 16.1. The maximum absolute atomic E-state index is 11.3. The lowest BCUT2D eigenvalue weighted by Gasteiger charge is -2.25. The maximum atomic E-state index is 11.3. The molecule has 1 amide bonds. The molecule has 0 fully saturated rings. The minimum atomic E-state index is -0.0878. The van der Waals surface area contributed by atoms with Crippen molar-refractivity contribution in [1.82, 2.24) is 20.1 Å². The molecule has 2 rings (SSSR count). The average molecular weight is 371 g/mol. The van der Waals surface area contributed by atoms with Crippen LogP contribution in [-0.4, -0.2) is 32.8 Å². The summed E-state index contributed by atoms with van der Waals surface area (Å²) in [6.07, 6.45) is 1.74. The van der Waals surface area contributed by atoms with E-state index in [1.54, 1.807) is 6.20 Å². The molecular weight excluding hydrogens is 340 g/mol. The van der Waals surface area contributed by atoms with Gasteiger partial charge in [-0.1, -0.05) is 35.1 Å². The summed E-state index contributed by atoms with van der Waals surface area (Å²) < 4.78 is 1.82. The second kappa shape index (κ2) is 9.30. The van der Waals surface area contributed by atoms with Gasteiger partial charge in [0.05, 0.1) is 12.7 Å². The molecule has 0 aliphatic heterocycles. The van der Waals surface area contributed by atoms with Crippen LogP contribution in [0.15, 0.2) is 40.8 Å². The van der Waals surface area contributed by atoms with Crippen LogP contribution in [0.2, 0.25) is 0 Å². The fourth-order valence-corrected chi connectivity index (χ4v) is 2.76. The van der Waals surface area contributed by atoms with Gasteiger partial charge in [-0.3, -0.25) is 9.80 Å². The molecule has 1 N–H and O–H groups in total. The van der Waals surface area contributed by atoms with Gasteiger partial charge in [-0.05, 0) is 40.2 Å². The molecule has 7 nitrogen and oxygen atoms in total. The van der Waals surface area contributed by atoms with Crippen LogP contribution in [0.3, 0.4) is 0 Å². The molecule has 0 radical (unpaired) electrons. The average Bonchev–Trinajstić information content (AvgIpc) is 2.96. The second-order valence-corrected chi connectivity index (χ2v) is 7.30. The van der Waals surface area contributed by atoms with Crippen LogP contribution in [0.1, 0.15) is 51.3 Å². The van der Waals surface area contributed by atoms with E-state index in [2.05, 4.69) is 79.6 Å². The molecule has 0 atom stereocenters. The summed E-state index contributed by atoms with van der Waals surface area (Å²) in [4.78, 5) is 11.3. The zero-order chi connectivity index (χ0) is 20.0. The van der Waals surface area contributed by atoms with Crippen molar-refractivity contribution in [3.05, 3.63) is 47.2 Å². The predicted octanol–water partition coefficient (Wildman–Crippen LogP) is 3.99. The zero-order valence-electron chi connectivity index (χ0n) is 17.1. The van der Waals surface area contributed by atoms with E-state index in [0.29, 0.717) is 18.9 Å². The van der Waals surface area contributed by atoms with Crippen LogP contribution >= 0.6 is 0 Å². The molecule has 0 aliphatic rings. The molecule has 0 saturated heterocycles. The van der Waals surface area contributed by atoms with E-state index in [1.165, 1.54) is 12.5 Å². The standard InChI is InChI=1S/C20H30N6O/c1-14(2)26(15(3)4)24-23-20-19(11-21-17(6)27)12-22-25(20)13-18-9-7-16(5)8-10-18/h7-10,12,14-15H,11,13H2,1-6H3,(H,21,27)/b24-23+. The van der Waals surface area contributed by atoms with Crippen molar-refractivity contribution in [2.24, 2.45) is 10.3 Å². The molecule has 0 unspecified atom stereocenters. The lowest BCUT2D eigenvalue weighted by Crippen LogP contribution is -2.31. The lowest BCUT2D eigenvalue weighted by atomic mass is 10.1. The molecule has 1 aromatic carbocycles. The third-order valence-electron chi connectivity index (χ3n) is 4.17. The Balaban J connectivity index is 2.32. The molecule has 1 heterocycles. The Hall–Kier alpha value is -2.70. The molecule has 0 bridgehead atoms. The van der Waals surface area contributed by atoms with Crippen molar-refractivity contribution < 1.29 is 4.79 Å². The Morgan fingerprint density at radius 1 is 1.19 bits per heavy atom. The van der Waals surface area contributed by atoms with E-state index in [9.17, 15) is 4.79 Å². The summed E-state index contributed by atoms with van der Waals surface area (Å²) in [5.74, 6) is 0.575. The molecule has 2 aromatic rings. The first-order valence-corrected chi connectivity index (χ1v) is 9.32. The summed E-state index contributed by atoms with van der Waals surface area (Å²) in [7, 11) is 0. The van der Waals surface area contributed by atoms with E-state index in [-0.39, 0.29) is 18.0 Å². The molecular formula is C20H30N6O. The van der Waals surface area contributed by atoms with Crippen LogP contribution in [0, 0.1) is 6.92 Å². The van der Waals surface area contributed by atoms with E-state index in [0.717, 1.165) is 11.1 Å². The Kier molecular flexibility index (Phi) is 7.10. The second-order valence-electron chi connectivity index (χ2n) is 7.30. The smallest absolute Gasteiger partial charge is 0.217 e. The highest BCUT2D eigenvalue weighted by Crippen LogP contribution is 2.22. The number of benzene rings is 1. The largest absolute Gasteiger partial charge is 0.352 e. The fraction of sp³-hybridized carbons (Fsp3) is 0.500. The van der Waals surface area contributed by atoms with Crippen molar-refractivity contribution in [3.8, 4) is 0 Å². The van der Waals surface area contributed by atoms with Crippen molar-refractivity contribution in [1.29, 1.82) is 0 Å². The van der Waals surface area contributed by atoms with Gasteiger partial charge in [0.15, 0.2) is 5.82 Å². The number of hydrogen-bond donors (Lipinski definition) is 1. The van der Waals surface area contributed by atoms with Gasteiger partial charge < -0.3 is 5.32 Å². The van der Waals surface area contributed by atoms with Crippen LogP contribution < -0.4 is 5.32 Å². The van der Waals surface area contributed by atoms with E-state index in [1.807, 2.05) is 9.69 Å². The van der Waals surface area contributed by atoms with Crippen molar-refractivity contribution in [2.75, 3.05) is 0 Å². The Labute approximate surface area is 161 Å². The molecule has 1 aromatic heterocycles. The van der Waals surface area contributed by atoms with E-state index in [4.69, 9.17) is 0 Å². The summed E-state index contributed by atoms with van der Waals surface area (Å²) in [6, 6.07) is 8.80. The van der Waals surface area contributed by atoms with Crippen molar-refractivity contribution in [3.63, 3.8) is 0 Å². The number of nitrogens with one attached hydrogen (secondary N) is 1. The van der Waals surface area contributed by atoms with Gasteiger partial charge in [0.2, 0.25) is 5.91 Å². The third kappa shape index (κ3) is 5.91. The summed E-state index contributed by atoms with van der Waals surface area (Å²) in [5, 5.41) is 18.2. The predicted molar refractivity (Wildman–Crippen MR) is 107 cm³/mol. The van der Waals surface area contributed by atoms with Crippen molar-refractivity contribution in [2.45, 2.75) is 66.7 Å². The van der Waals surface area contributed by atoms with Crippen LogP contribution in [-0.2, 0) is 17.9 Å². The number of rotatable bonds is 8. The van der Waals surface area contributed by atoms with Gasteiger partial charge in [-0.2, -0.15) is 5.10 Å². The molecule has 27 heavy (non-hydrogen) atoms. The summed E-state index contributed by atoms with van der Waals surface area (Å²) >= 11 is 0. The van der Waals surface area contributed by atoms with Gasteiger partial charge >= 0.3 is 0 Å². The maximum Gasteiger partial charge on any atom is 0.217 e. The Bertz CT molecular complexity index is 768. The number of carbonyl (C=O) groups excluding carboxylic acids is 1. The number of aryl methyl sites for hydroxylation is 1. The monoisotopic (exact) mass is 370 g/mol. The highest BCUT2D eigenvalue weighted by molar-refractivity contribution is 5.72. The van der Waals surface area contributed by atoms with Gasteiger partial charge in [-0.25, -0.2) is 4.68 Å².